The molecule has 0 aromatic rings. The molecule has 0 aliphatic rings. The average Bonchev–Trinajstić information content (AvgIpc) is 1.85. The predicted octanol–water partition coefficient (Wildman–Crippen LogP) is 0.814. The summed E-state index contributed by atoms with van der Waals surface area (Å²) in [6.45, 7) is 1.82. The van der Waals surface area contributed by atoms with Gasteiger partial charge in [-0.2, -0.15) is 0 Å². The van der Waals surface area contributed by atoms with E-state index in [1.807, 2.05) is 6.92 Å². The Kier molecular flexibility index (Phi) is 4.84. The fourth-order valence-corrected chi connectivity index (χ4v) is 0.732. The lowest BCUT2D eigenvalue weighted by Crippen LogP contribution is -2.12. The van der Waals surface area contributed by atoms with E-state index in [0.29, 0.717) is 6.42 Å². The third-order valence-electron chi connectivity index (χ3n) is 1.27. The van der Waals surface area contributed by atoms with Gasteiger partial charge < -0.3 is 5.11 Å². The molecule has 0 aromatic heterocycles. The summed E-state index contributed by atoms with van der Waals surface area (Å²) in [5.41, 5.74) is 0. The van der Waals surface area contributed by atoms with E-state index in [1.165, 1.54) is 0 Å². The maximum Gasteiger partial charge on any atom is 0.206 e. The van der Waals surface area contributed by atoms with Crippen molar-refractivity contribution in [2.24, 2.45) is 0 Å². The highest BCUT2D eigenvalue weighted by atomic mass is 16.6. The Morgan fingerprint density at radius 3 is 2.60 bits per heavy atom. The molecule has 1 unspecified atom stereocenters. The molecule has 0 aromatic carbocycles. The van der Waals surface area contributed by atoms with Crippen molar-refractivity contribution in [3.63, 3.8) is 0 Å². The summed E-state index contributed by atoms with van der Waals surface area (Å²) < 4.78 is 0. The van der Waals surface area contributed by atoms with Crippen LogP contribution in [-0.4, -0.2) is 22.7 Å². The van der Waals surface area contributed by atoms with E-state index < -0.39 is 11.0 Å². The van der Waals surface area contributed by atoms with Gasteiger partial charge in [0.15, 0.2) is 0 Å². The van der Waals surface area contributed by atoms with Crippen molar-refractivity contribution < 1.29 is 10.0 Å². The Morgan fingerprint density at radius 2 is 2.20 bits per heavy atom. The van der Waals surface area contributed by atoms with Crippen LogP contribution in [0.1, 0.15) is 26.2 Å². The average molecular weight is 147 g/mol. The van der Waals surface area contributed by atoms with Crippen LogP contribution in [0.2, 0.25) is 0 Å². The van der Waals surface area contributed by atoms with E-state index in [0.717, 1.165) is 6.42 Å². The normalized spacial score (nSPS) is 13.0. The first-order valence-electron chi connectivity index (χ1n) is 3.46. The van der Waals surface area contributed by atoms with Crippen LogP contribution < -0.4 is 0 Å². The van der Waals surface area contributed by atoms with Crippen LogP contribution in [0, 0.1) is 10.1 Å². The van der Waals surface area contributed by atoms with Crippen molar-refractivity contribution in [1.29, 1.82) is 0 Å². The third-order valence-corrected chi connectivity index (χ3v) is 1.27. The van der Waals surface area contributed by atoms with Gasteiger partial charge in [-0.1, -0.05) is 13.3 Å². The van der Waals surface area contributed by atoms with Crippen molar-refractivity contribution in [2.75, 3.05) is 6.54 Å². The van der Waals surface area contributed by atoms with E-state index in [2.05, 4.69) is 0 Å². The Labute approximate surface area is 60.0 Å². The lowest BCUT2D eigenvalue weighted by molar-refractivity contribution is -0.482. The van der Waals surface area contributed by atoms with Crippen LogP contribution in [0.3, 0.4) is 0 Å². The number of aliphatic hydroxyl groups is 1. The molecule has 0 aliphatic heterocycles. The number of aliphatic hydroxyl groups excluding tert-OH is 1. The molecule has 0 saturated carbocycles. The molecule has 0 rings (SSSR count). The lowest BCUT2D eigenvalue weighted by Gasteiger charge is -2.03. The van der Waals surface area contributed by atoms with E-state index in [1.54, 1.807) is 0 Å². The summed E-state index contributed by atoms with van der Waals surface area (Å²) in [6.07, 6.45) is 1.32. The van der Waals surface area contributed by atoms with Gasteiger partial charge >= 0.3 is 0 Å². The van der Waals surface area contributed by atoms with Crippen LogP contribution in [0.15, 0.2) is 0 Å². The SMILES string of the molecule is CCCC(O)CC[N+](=O)[O-]. The third kappa shape index (κ3) is 5.50. The second-order valence-electron chi connectivity index (χ2n) is 2.29. The Balaban J connectivity index is 3.21. The van der Waals surface area contributed by atoms with Crippen LogP contribution in [-0.2, 0) is 0 Å². The van der Waals surface area contributed by atoms with Crippen LogP contribution in [0.25, 0.3) is 0 Å². The minimum Gasteiger partial charge on any atom is -0.393 e. The van der Waals surface area contributed by atoms with Crippen molar-refractivity contribution in [3.8, 4) is 0 Å². The molecule has 0 fully saturated rings. The molecule has 60 valence electrons. The maximum atomic E-state index is 9.80. The number of rotatable bonds is 5. The minimum absolute atomic E-state index is 0.124. The van der Waals surface area contributed by atoms with Gasteiger partial charge in [-0.05, 0) is 6.42 Å². The Hall–Kier alpha value is -0.640. The number of nitrogens with zero attached hydrogens (tertiary/aromatic N) is 1. The Bertz CT molecular complexity index is 105. The van der Waals surface area contributed by atoms with Crippen LogP contribution >= 0.6 is 0 Å². The summed E-state index contributed by atoms with van der Waals surface area (Å²) in [6, 6.07) is 0. The number of hydrogen-bond acceptors (Lipinski definition) is 3. The molecule has 0 radical (unpaired) electrons. The fourth-order valence-electron chi connectivity index (χ4n) is 0.732. The predicted molar refractivity (Wildman–Crippen MR) is 37.4 cm³/mol. The van der Waals surface area contributed by atoms with Crippen molar-refractivity contribution in [2.45, 2.75) is 32.3 Å². The van der Waals surface area contributed by atoms with Crippen molar-refractivity contribution >= 4 is 0 Å². The fraction of sp³-hybridized carbons (Fsp3) is 1.00. The first-order valence-corrected chi connectivity index (χ1v) is 3.46. The van der Waals surface area contributed by atoms with Crippen molar-refractivity contribution in [1.82, 2.24) is 0 Å². The summed E-state index contributed by atoms with van der Waals surface area (Å²) >= 11 is 0. The summed E-state index contributed by atoms with van der Waals surface area (Å²) in [4.78, 5) is 9.40. The van der Waals surface area contributed by atoms with Gasteiger partial charge in [0, 0.05) is 11.3 Å². The minimum atomic E-state index is -0.490. The van der Waals surface area contributed by atoms with Crippen LogP contribution in [0.5, 0.6) is 0 Å². The highest BCUT2D eigenvalue weighted by Crippen LogP contribution is 2.00. The molecule has 4 heteroatoms. The van der Waals surface area contributed by atoms with E-state index >= 15 is 0 Å². The molecule has 0 saturated heterocycles. The maximum absolute atomic E-state index is 9.80. The van der Waals surface area contributed by atoms with E-state index in [9.17, 15) is 10.1 Å². The summed E-state index contributed by atoms with van der Waals surface area (Å²) in [7, 11) is 0. The molecular formula is C6H13NO3. The second kappa shape index (κ2) is 5.17. The largest absolute Gasteiger partial charge is 0.393 e. The van der Waals surface area contributed by atoms with Crippen molar-refractivity contribution in [3.05, 3.63) is 10.1 Å². The molecule has 10 heavy (non-hydrogen) atoms. The molecule has 0 bridgehead atoms. The van der Waals surface area contributed by atoms with Gasteiger partial charge in [0.1, 0.15) is 0 Å². The zero-order valence-corrected chi connectivity index (χ0v) is 6.12. The molecule has 0 aliphatic carbocycles. The van der Waals surface area contributed by atoms with Crippen LogP contribution in [0.4, 0.5) is 0 Å². The van der Waals surface area contributed by atoms with E-state index in [4.69, 9.17) is 5.11 Å². The first kappa shape index (κ1) is 9.36. The number of hydrogen-bond donors (Lipinski definition) is 1. The quantitative estimate of drug-likeness (QED) is 0.462. The number of nitro groups is 1. The summed E-state index contributed by atoms with van der Waals surface area (Å²) in [5, 5.41) is 18.8. The topological polar surface area (TPSA) is 63.4 Å². The van der Waals surface area contributed by atoms with Gasteiger partial charge in [-0.3, -0.25) is 10.1 Å². The van der Waals surface area contributed by atoms with Gasteiger partial charge in [0.25, 0.3) is 0 Å². The van der Waals surface area contributed by atoms with Gasteiger partial charge in [0.2, 0.25) is 6.54 Å². The van der Waals surface area contributed by atoms with Gasteiger partial charge in [0.05, 0.1) is 6.10 Å². The second-order valence-corrected chi connectivity index (χ2v) is 2.29. The molecule has 0 spiro atoms. The first-order chi connectivity index (χ1) is 4.66. The lowest BCUT2D eigenvalue weighted by atomic mass is 10.1. The molecule has 0 amide bonds. The molecule has 4 nitrogen and oxygen atoms in total. The van der Waals surface area contributed by atoms with Gasteiger partial charge in [-0.15, -0.1) is 0 Å². The summed E-state index contributed by atoms with van der Waals surface area (Å²) in [5.74, 6) is 0. The Morgan fingerprint density at radius 1 is 1.60 bits per heavy atom. The highest BCUT2D eigenvalue weighted by Gasteiger charge is 2.05. The highest BCUT2D eigenvalue weighted by molar-refractivity contribution is 4.52. The standard InChI is InChI=1S/C6H13NO3/c1-2-3-6(8)4-5-7(9)10/h6,8H,2-5H2,1H3. The molecule has 0 heterocycles. The smallest absolute Gasteiger partial charge is 0.206 e. The monoisotopic (exact) mass is 147 g/mol. The van der Waals surface area contributed by atoms with Gasteiger partial charge in [-0.25, -0.2) is 0 Å². The zero-order valence-electron chi connectivity index (χ0n) is 6.12. The molecular weight excluding hydrogens is 134 g/mol. The van der Waals surface area contributed by atoms with E-state index in [-0.39, 0.29) is 13.0 Å². The molecule has 1 N–H and O–H groups in total. The zero-order chi connectivity index (χ0) is 7.98. The molecule has 1 atom stereocenters.